The molecule has 0 aromatic rings. The number of aliphatic carboxylic acids is 1. The number of amides is 2. The fourth-order valence-corrected chi connectivity index (χ4v) is 2.08. The first-order valence-electron chi connectivity index (χ1n) is 6.59. The molecule has 0 saturated heterocycles. The molecule has 5 heteroatoms. The lowest BCUT2D eigenvalue weighted by Gasteiger charge is -2.28. The Hall–Kier alpha value is -1.26. The van der Waals surface area contributed by atoms with Crippen molar-refractivity contribution >= 4 is 12.0 Å². The zero-order chi connectivity index (χ0) is 13.9. The minimum absolute atomic E-state index is 0.0651. The Labute approximate surface area is 109 Å². The maximum atomic E-state index is 12.2. The quantitative estimate of drug-likeness (QED) is 0.787. The number of urea groups is 1. The smallest absolute Gasteiger partial charge is 0.319 e. The number of nitrogens with zero attached hydrogens (tertiary/aromatic N) is 2. The van der Waals surface area contributed by atoms with Crippen molar-refractivity contribution in [2.45, 2.75) is 27.2 Å². The molecule has 0 heterocycles. The molecule has 1 saturated carbocycles. The first-order chi connectivity index (χ1) is 8.36. The molecule has 18 heavy (non-hydrogen) atoms. The summed E-state index contributed by atoms with van der Waals surface area (Å²) in [6.07, 6.45) is 1.19. The van der Waals surface area contributed by atoms with Crippen LogP contribution < -0.4 is 0 Å². The molecule has 3 atom stereocenters. The molecule has 1 rings (SSSR count). The van der Waals surface area contributed by atoms with Crippen LogP contribution in [0.2, 0.25) is 0 Å². The third kappa shape index (κ3) is 3.89. The van der Waals surface area contributed by atoms with Crippen molar-refractivity contribution in [3.05, 3.63) is 0 Å². The van der Waals surface area contributed by atoms with Crippen molar-refractivity contribution in [2.75, 3.05) is 26.7 Å². The number of carboxylic acid groups (broad SMARTS) is 1. The summed E-state index contributed by atoms with van der Waals surface area (Å²) in [5.41, 5.74) is 0. The van der Waals surface area contributed by atoms with E-state index in [1.165, 1.54) is 6.42 Å². The summed E-state index contributed by atoms with van der Waals surface area (Å²) in [5, 5.41) is 8.89. The van der Waals surface area contributed by atoms with E-state index in [4.69, 9.17) is 5.11 Å². The van der Waals surface area contributed by atoms with Crippen molar-refractivity contribution in [3.63, 3.8) is 0 Å². The van der Waals surface area contributed by atoms with Gasteiger partial charge in [0.2, 0.25) is 0 Å². The maximum absolute atomic E-state index is 12.2. The van der Waals surface area contributed by atoms with Gasteiger partial charge in [-0.1, -0.05) is 13.8 Å². The summed E-state index contributed by atoms with van der Waals surface area (Å²) in [6.45, 7) is 7.28. The van der Waals surface area contributed by atoms with Crippen LogP contribution in [0.25, 0.3) is 0 Å². The number of carbonyl (C=O) groups excluding carboxylic acids is 1. The van der Waals surface area contributed by atoms with Crippen LogP contribution in [0.4, 0.5) is 4.79 Å². The molecule has 1 N–H and O–H groups in total. The molecule has 104 valence electrons. The van der Waals surface area contributed by atoms with E-state index in [0.29, 0.717) is 18.4 Å². The Morgan fingerprint density at radius 1 is 1.44 bits per heavy atom. The van der Waals surface area contributed by atoms with Gasteiger partial charge in [-0.3, -0.25) is 4.79 Å². The Bertz CT molecular complexity index is 319. The van der Waals surface area contributed by atoms with Crippen LogP contribution in [-0.2, 0) is 4.79 Å². The van der Waals surface area contributed by atoms with Gasteiger partial charge >= 0.3 is 12.0 Å². The Balaban J connectivity index is 2.47. The fourth-order valence-electron chi connectivity index (χ4n) is 2.08. The van der Waals surface area contributed by atoms with Gasteiger partial charge < -0.3 is 14.9 Å². The number of hydrogen-bond acceptors (Lipinski definition) is 2. The molecule has 0 aromatic carbocycles. The number of carboxylic acids is 1. The third-order valence-electron chi connectivity index (χ3n) is 3.68. The van der Waals surface area contributed by atoms with E-state index in [1.54, 1.807) is 23.8 Å². The van der Waals surface area contributed by atoms with Crippen molar-refractivity contribution in [3.8, 4) is 0 Å². The Morgan fingerprint density at radius 2 is 2.00 bits per heavy atom. The summed E-state index contributed by atoms with van der Waals surface area (Å²) in [4.78, 5) is 26.3. The molecule has 2 amide bonds. The third-order valence-corrected chi connectivity index (χ3v) is 3.68. The van der Waals surface area contributed by atoms with E-state index < -0.39 is 11.9 Å². The number of hydrogen-bond donors (Lipinski definition) is 1. The molecule has 0 bridgehead atoms. The molecule has 5 nitrogen and oxygen atoms in total. The second-order valence-corrected chi connectivity index (χ2v) is 5.41. The number of carbonyl (C=O) groups is 2. The molecule has 1 aliphatic rings. The Kier molecular flexibility index (Phi) is 4.99. The highest BCUT2D eigenvalue weighted by atomic mass is 16.4. The molecule has 1 aliphatic carbocycles. The van der Waals surface area contributed by atoms with E-state index in [-0.39, 0.29) is 12.6 Å². The standard InChI is InChI=1S/C13H24N2O3/c1-5-15(7-10(3)12(16)17)13(18)14(4)8-11-6-9(11)2/h9-11H,5-8H2,1-4H3,(H,16,17). The molecule has 1 fully saturated rings. The lowest BCUT2D eigenvalue weighted by Crippen LogP contribution is -2.44. The van der Waals surface area contributed by atoms with E-state index in [0.717, 1.165) is 6.54 Å². The van der Waals surface area contributed by atoms with Crippen molar-refractivity contribution < 1.29 is 14.7 Å². The minimum Gasteiger partial charge on any atom is -0.481 e. The first kappa shape index (κ1) is 14.8. The van der Waals surface area contributed by atoms with Gasteiger partial charge in [-0.15, -0.1) is 0 Å². The van der Waals surface area contributed by atoms with E-state index in [2.05, 4.69) is 6.92 Å². The zero-order valence-corrected chi connectivity index (χ0v) is 11.7. The van der Waals surface area contributed by atoms with Crippen LogP contribution in [0, 0.1) is 17.8 Å². The summed E-state index contributed by atoms with van der Waals surface area (Å²) < 4.78 is 0. The average Bonchev–Trinajstić information content (AvgIpc) is 3.00. The van der Waals surface area contributed by atoms with E-state index in [9.17, 15) is 9.59 Å². The Morgan fingerprint density at radius 3 is 2.39 bits per heavy atom. The highest BCUT2D eigenvalue weighted by Crippen LogP contribution is 2.38. The second-order valence-electron chi connectivity index (χ2n) is 5.41. The predicted octanol–water partition coefficient (Wildman–Crippen LogP) is 1.74. The van der Waals surface area contributed by atoms with Gasteiger partial charge in [-0.25, -0.2) is 4.79 Å². The zero-order valence-electron chi connectivity index (χ0n) is 11.7. The topological polar surface area (TPSA) is 60.9 Å². The van der Waals surface area contributed by atoms with Gasteiger partial charge in [0.1, 0.15) is 0 Å². The SMILES string of the molecule is CCN(CC(C)C(=O)O)C(=O)N(C)CC1CC1C. The normalized spacial score (nSPS) is 23.3. The van der Waals surface area contributed by atoms with Crippen LogP contribution >= 0.6 is 0 Å². The fraction of sp³-hybridized carbons (Fsp3) is 0.846. The first-order valence-corrected chi connectivity index (χ1v) is 6.59. The summed E-state index contributed by atoms with van der Waals surface area (Å²) in [6, 6.07) is -0.0651. The molecule has 3 unspecified atom stereocenters. The average molecular weight is 256 g/mol. The minimum atomic E-state index is -0.861. The second kappa shape index (κ2) is 6.07. The van der Waals surface area contributed by atoms with Gasteiger partial charge in [0.25, 0.3) is 0 Å². The lowest BCUT2D eigenvalue weighted by molar-refractivity contribution is -0.141. The summed E-state index contributed by atoms with van der Waals surface area (Å²) in [5.74, 6) is -0.0512. The van der Waals surface area contributed by atoms with Crippen molar-refractivity contribution in [1.82, 2.24) is 9.80 Å². The van der Waals surface area contributed by atoms with Crippen LogP contribution in [0.1, 0.15) is 27.2 Å². The van der Waals surface area contributed by atoms with Gasteiger partial charge in [0.05, 0.1) is 5.92 Å². The summed E-state index contributed by atoms with van der Waals surface area (Å²) >= 11 is 0. The van der Waals surface area contributed by atoms with Crippen molar-refractivity contribution in [2.24, 2.45) is 17.8 Å². The van der Waals surface area contributed by atoms with Crippen LogP contribution in [0.15, 0.2) is 0 Å². The highest BCUT2D eigenvalue weighted by molar-refractivity contribution is 5.76. The summed E-state index contributed by atoms with van der Waals surface area (Å²) in [7, 11) is 1.79. The van der Waals surface area contributed by atoms with Crippen LogP contribution in [0.3, 0.4) is 0 Å². The van der Waals surface area contributed by atoms with Gasteiger partial charge in [-0.05, 0) is 25.2 Å². The molecule has 0 spiro atoms. The van der Waals surface area contributed by atoms with E-state index in [1.807, 2.05) is 6.92 Å². The molecular weight excluding hydrogens is 232 g/mol. The molecular formula is C13H24N2O3. The number of rotatable bonds is 6. The van der Waals surface area contributed by atoms with Crippen molar-refractivity contribution in [1.29, 1.82) is 0 Å². The molecule has 0 aromatic heterocycles. The highest BCUT2D eigenvalue weighted by Gasteiger charge is 2.35. The lowest BCUT2D eigenvalue weighted by atomic mass is 10.2. The predicted molar refractivity (Wildman–Crippen MR) is 69.3 cm³/mol. The maximum Gasteiger partial charge on any atom is 0.319 e. The van der Waals surface area contributed by atoms with Crippen LogP contribution in [0.5, 0.6) is 0 Å². The van der Waals surface area contributed by atoms with Gasteiger partial charge in [0, 0.05) is 26.7 Å². The molecule has 0 aliphatic heterocycles. The molecule has 0 radical (unpaired) electrons. The largest absolute Gasteiger partial charge is 0.481 e. The monoisotopic (exact) mass is 256 g/mol. The van der Waals surface area contributed by atoms with Gasteiger partial charge in [-0.2, -0.15) is 0 Å². The van der Waals surface area contributed by atoms with Gasteiger partial charge in [0.15, 0.2) is 0 Å². The van der Waals surface area contributed by atoms with E-state index >= 15 is 0 Å². The van der Waals surface area contributed by atoms with Crippen LogP contribution in [-0.4, -0.2) is 53.6 Å².